The van der Waals surface area contributed by atoms with E-state index >= 15 is 0 Å². The van der Waals surface area contributed by atoms with E-state index in [0.29, 0.717) is 0 Å². The topological polar surface area (TPSA) is 53.6 Å². The van der Waals surface area contributed by atoms with Gasteiger partial charge in [0.15, 0.2) is 0 Å². The molecular weight excluding hydrogens is 290 g/mol. The summed E-state index contributed by atoms with van der Waals surface area (Å²) in [5.74, 6) is 0.196. The third-order valence-electron chi connectivity index (χ3n) is 4.83. The summed E-state index contributed by atoms with van der Waals surface area (Å²) >= 11 is 0. The van der Waals surface area contributed by atoms with Gasteiger partial charge in [0.05, 0.1) is 18.6 Å². The first-order valence-corrected chi connectivity index (χ1v) is 8.62. The van der Waals surface area contributed by atoms with Crippen LogP contribution in [0.2, 0.25) is 0 Å². The van der Waals surface area contributed by atoms with Crippen LogP contribution >= 0.6 is 0 Å². The molecule has 5 heteroatoms. The minimum absolute atomic E-state index is 0.196. The molecule has 0 aromatic heterocycles. The molecule has 2 saturated heterocycles. The summed E-state index contributed by atoms with van der Waals surface area (Å²) in [6.07, 6.45) is 1.82. The van der Waals surface area contributed by atoms with E-state index in [-0.39, 0.29) is 11.3 Å². The summed E-state index contributed by atoms with van der Waals surface area (Å²) in [6, 6.07) is 10.3. The minimum atomic E-state index is -0.264. The number of amides is 1. The van der Waals surface area contributed by atoms with Gasteiger partial charge in [-0.3, -0.25) is 9.69 Å². The Balaban J connectivity index is 1.42. The first-order chi connectivity index (χ1) is 11.3. The predicted octanol–water partition coefficient (Wildman–Crippen LogP) is 0.657. The van der Waals surface area contributed by atoms with Crippen molar-refractivity contribution >= 4 is 5.91 Å². The van der Waals surface area contributed by atoms with Crippen LogP contribution in [-0.2, 0) is 16.0 Å². The monoisotopic (exact) mass is 317 g/mol. The number of nitrogens with one attached hydrogen (secondary N) is 2. The van der Waals surface area contributed by atoms with Crippen LogP contribution in [0.4, 0.5) is 0 Å². The van der Waals surface area contributed by atoms with E-state index in [1.807, 2.05) is 18.2 Å². The Bertz CT molecular complexity index is 496. The molecule has 0 radical (unpaired) electrons. The van der Waals surface area contributed by atoms with Crippen LogP contribution in [0.1, 0.15) is 12.0 Å². The SMILES string of the molecule is O=C(NCCCN1CCOCC1)C1(Cc2ccccc2)CNC1. The quantitative estimate of drug-likeness (QED) is 0.726. The van der Waals surface area contributed by atoms with Gasteiger partial charge in [0.25, 0.3) is 0 Å². The van der Waals surface area contributed by atoms with Gasteiger partial charge in [0.1, 0.15) is 0 Å². The summed E-state index contributed by atoms with van der Waals surface area (Å²) in [7, 11) is 0. The van der Waals surface area contributed by atoms with E-state index < -0.39 is 0 Å². The smallest absolute Gasteiger partial charge is 0.229 e. The zero-order valence-corrected chi connectivity index (χ0v) is 13.7. The molecular formula is C18H27N3O2. The fraction of sp³-hybridized carbons (Fsp3) is 0.611. The lowest BCUT2D eigenvalue weighted by Crippen LogP contribution is -2.62. The fourth-order valence-electron chi connectivity index (χ4n) is 3.30. The number of hydrogen-bond donors (Lipinski definition) is 2. The summed E-state index contributed by atoms with van der Waals surface area (Å²) < 4.78 is 5.35. The maximum absolute atomic E-state index is 12.6. The maximum Gasteiger partial charge on any atom is 0.229 e. The molecule has 5 nitrogen and oxygen atoms in total. The molecule has 126 valence electrons. The second-order valence-corrected chi connectivity index (χ2v) is 6.61. The number of hydrogen-bond acceptors (Lipinski definition) is 4. The predicted molar refractivity (Wildman–Crippen MR) is 90.3 cm³/mol. The third-order valence-corrected chi connectivity index (χ3v) is 4.83. The van der Waals surface area contributed by atoms with Crippen LogP contribution in [-0.4, -0.2) is 63.3 Å². The first kappa shape index (κ1) is 16.4. The van der Waals surface area contributed by atoms with Crippen LogP contribution in [0.3, 0.4) is 0 Å². The van der Waals surface area contributed by atoms with E-state index in [1.54, 1.807) is 0 Å². The molecule has 2 N–H and O–H groups in total. The van der Waals surface area contributed by atoms with Crippen LogP contribution in [0.5, 0.6) is 0 Å². The van der Waals surface area contributed by atoms with Crippen molar-refractivity contribution in [2.45, 2.75) is 12.8 Å². The Kier molecular flexibility index (Phi) is 5.65. The van der Waals surface area contributed by atoms with Gasteiger partial charge in [-0.1, -0.05) is 30.3 Å². The van der Waals surface area contributed by atoms with Crippen molar-refractivity contribution in [1.29, 1.82) is 0 Å². The second-order valence-electron chi connectivity index (χ2n) is 6.61. The van der Waals surface area contributed by atoms with Crippen LogP contribution < -0.4 is 10.6 Å². The normalized spacial score (nSPS) is 20.7. The molecule has 2 aliphatic heterocycles. The van der Waals surface area contributed by atoms with Crippen LogP contribution in [0.15, 0.2) is 30.3 Å². The van der Waals surface area contributed by atoms with Crippen LogP contribution in [0, 0.1) is 5.41 Å². The lowest BCUT2D eigenvalue weighted by Gasteiger charge is -2.41. The molecule has 1 aromatic rings. The van der Waals surface area contributed by atoms with Gasteiger partial charge < -0.3 is 15.4 Å². The third kappa shape index (κ3) is 4.31. The highest BCUT2D eigenvalue weighted by atomic mass is 16.5. The highest BCUT2D eigenvalue weighted by Gasteiger charge is 2.43. The Morgan fingerprint density at radius 3 is 2.61 bits per heavy atom. The Hall–Kier alpha value is -1.43. The number of rotatable bonds is 7. The fourth-order valence-corrected chi connectivity index (χ4v) is 3.30. The summed E-state index contributed by atoms with van der Waals surface area (Å²) in [5.41, 5.74) is 0.970. The van der Waals surface area contributed by atoms with Gasteiger partial charge in [0, 0.05) is 32.7 Å². The second kappa shape index (κ2) is 7.90. The molecule has 23 heavy (non-hydrogen) atoms. The van der Waals surface area contributed by atoms with Crippen LogP contribution in [0.25, 0.3) is 0 Å². The molecule has 0 atom stereocenters. The van der Waals surface area contributed by atoms with Gasteiger partial charge in [0.2, 0.25) is 5.91 Å². The average molecular weight is 317 g/mol. The maximum atomic E-state index is 12.6. The Morgan fingerprint density at radius 1 is 1.22 bits per heavy atom. The van der Waals surface area contributed by atoms with Crippen molar-refractivity contribution in [3.8, 4) is 0 Å². The molecule has 0 aliphatic carbocycles. The standard InChI is InChI=1S/C18H27N3O2/c22-17(20-7-4-8-21-9-11-23-12-10-21)18(14-19-15-18)13-16-5-2-1-3-6-16/h1-3,5-6,19H,4,7-15H2,(H,20,22). The van der Waals surface area contributed by atoms with E-state index in [9.17, 15) is 4.79 Å². The van der Waals surface area contributed by atoms with Crippen molar-refractivity contribution < 1.29 is 9.53 Å². The summed E-state index contributed by atoms with van der Waals surface area (Å²) in [5, 5.41) is 6.41. The highest BCUT2D eigenvalue weighted by molar-refractivity contribution is 5.84. The molecule has 3 rings (SSSR count). The first-order valence-electron chi connectivity index (χ1n) is 8.62. The zero-order valence-electron chi connectivity index (χ0n) is 13.7. The Morgan fingerprint density at radius 2 is 1.96 bits per heavy atom. The molecule has 2 fully saturated rings. The Labute approximate surface area is 138 Å². The number of carbonyl (C=O) groups excluding carboxylic acids is 1. The highest BCUT2D eigenvalue weighted by Crippen LogP contribution is 2.28. The molecule has 1 aromatic carbocycles. The molecule has 2 heterocycles. The number of carbonyl (C=O) groups is 1. The van der Waals surface area contributed by atoms with Gasteiger partial charge in [-0.15, -0.1) is 0 Å². The zero-order chi connectivity index (χ0) is 16.0. The molecule has 0 spiro atoms. The van der Waals surface area contributed by atoms with E-state index in [4.69, 9.17) is 4.74 Å². The van der Waals surface area contributed by atoms with Crippen molar-refractivity contribution in [1.82, 2.24) is 15.5 Å². The van der Waals surface area contributed by atoms with E-state index in [2.05, 4.69) is 27.7 Å². The lowest BCUT2D eigenvalue weighted by molar-refractivity contribution is -0.133. The summed E-state index contributed by atoms with van der Waals surface area (Å²) in [6.45, 7) is 7.02. The number of morpholine rings is 1. The van der Waals surface area contributed by atoms with Crippen molar-refractivity contribution in [2.75, 3.05) is 52.5 Å². The van der Waals surface area contributed by atoms with Crippen molar-refractivity contribution in [3.63, 3.8) is 0 Å². The van der Waals surface area contributed by atoms with Gasteiger partial charge in [-0.2, -0.15) is 0 Å². The van der Waals surface area contributed by atoms with Gasteiger partial charge >= 0.3 is 0 Å². The van der Waals surface area contributed by atoms with Gasteiger partial charge in [-0.05, 0) is 24.9 Å². The van der Waals surface area contributed by atoms with E-state index in [1.165, 1.54) is 5.56 Å². The number of benzene rings is 1. The lowest BCUT2D eigenvalue weighted by atomic mass is 9.75. The number of nitrogens with zero attached hydrogens (tertiary/aromatic N) is 1. The molecule has 0 unspecified atom stereocenters. The molecule has 0 saturated carbocycles. The molecule has 0 bridgehead atoms. The van der Waals surface area contributed by atoms with Crippen molar-refractivity contribution in [2.24, 2.45) is 5.41 Å². The van der Waals surface area contributed by atoms with E-state index in [0.717, 1.165) is 65.3 Å². The molecule has 2 aliphatic rings. The minimum Gasteiger partial charge on any atom is -0.379 e. The summed E-state index contributed by atoms with van der Waals surface area (Å²) in [4.78, 5) is 15.0. The average Bonchev–Trinajstić information content (AvgIpc) is 2.57. The molecule has 1 amide bonds. The van der Waals surface area contributed by atoms with Gasteiger partial charge in [-0.25, -0.2) is 0 Å². The van der Waals surface area contributed by atoms with Crippen molar-refractivity contribution in [3.05, 3.63) is 35.9 Å². The number of ether oxygens (including phenoxy) is 1. The largest absolute Gasteiger partial charge is 0.379 e.